The predicted molar refractivity (Wildman–Crippen MR) is 78.8 cm³/mol. The zero-order chi connectivity index (χ0) is 14.4. The van der Waals surface area contributed by atoms with Crippen molar-refractivity contribution in [2.75, 3.05) is 0 Å². The lowest BCUT2D eigenvalue weighted by Crippen LogP contribution is -2.21. The summed E-state index contributed by atoms with van der Waals surface area (Å²) in [6, 6.07) is 2.15. The molecule has 0 fully saturated rings. The number of hydrogen-bond acceptors (Lipinski definition) is 4. The summed E-state index contributed by atoms with van der Waals surface area (Å²) in [5.41, 5.74) is 7.06. The summed E-state index contributed by atoms with van der Waals surface area (Å²) >= 11 is 0. The largest absolute Gasteiger partial charge is 0.452 e. The van der Waals surface area contributed by atoms with Gasteiger partial charge in [0.15, 0.2) is 5.75 Å². The number of aromatic nitrogens is 3. The van der Waals surface area contributed by atoms with Crippen LogP contribution >= 0.6 is 0 Å². The van der Waals surface area contributed by atoms with Crippen LogP contribution in [-0.4, -0.2) is 20.8 Å². The van der Waals surface area contributed by atoms with Crippen LogP contribution in [0.5, 0.6) is 11.5 Å². The molecule has 1 unspecified atom stereocenters. The molecule has 2 N–H and O–H groups in total. The molecule has 0 amide bonds. The summed E-state index contributed by atoms with van der Waals surface area (Å²) < 4.78 is 7.65. The molecule has 2 heterocycles. The summed E-state index contributed by atoms with van der Waals surface area (Å²) in [6.45, 7) is 5.10. The molecule has 2 aromatic rings. The summed E-state index contributed by atoms with van der Waals surface area (Å²) in [5.74, 6) is 1.46. The zero-order valence-electron chi connectivity index (χ0n) is 12.1. The van der Waals surface area contributed by atoms with Gasteiger partial charge in [-0.3, -0.25) is 9.67 Å². The van der Waals surface area contributed by atoms with Crippen LogP contribution in [0.3, 0.4) is 0 Å². The lowest BCUT2D eigenvalue weighted by molar-refractivity contribution is 0.477. The Morgan fingerprint density at radius 3 is 2.85 bits per heavy atom. The van der Waals surface area contributed by atoms with Gasteiger partial charge in [-0.25, -0.2) is 0 Å². The van der Waals surface area contributed by atoms with Crippen LogP contribution in [0.25, 0.3) is 0 Å². The minimum absolute atomic E-state index is 0.166. The van der Waals surface area contributed by atoms with Crippen molar-refractivity contribution in [3.8, 4) is 11.5 Å². The van der Waals surface area contributed by atoms with Gasteiger partial charge in [0.05, 0.1) is 18.6 Å². The Morgan fingerprint density at radius 1 is 1.25 bits per heavy atom. The predicted octanol–water partition coefficient (Wildman–Crippen LogP) is 2.76. The highest BCUT2D eigenvalue weighted by molar-refractivity contribution is 5.29. The number of ether oxygens (including phenoxy) is 1. The third-order valence-corrected chi connectivity index (χ3v) is 3.09. The molecule has 2 rings (SSSR count). The van der Waals surface area contributed by atoms with E-state index in [4.69, 9.17) is 10.5 Å². The fourth-order valence-electron chi connectivity index (χ4n) is 1.96. The fraction of sp³-hybridized carbons (Fsp3) is 0.467. The second-order valence-electron chi connectivity index (χ2n) is 4.94. The zero-order valence-corrected chi connectivity index (χ0v) is 12.1. The van der Waals surface area contributed by atoms with Crippen molar-refractivity contribution in [1.29, 1.82) is 0 Å². The maximum absolute atomic E-state index is 5.96. The molecule has 2 aromatic heterocycles. The number of hydrogen-bond donors (Lipinski definition) is 1. The second-order valence-corrected chi connectivity index (χ2v) is 4.94. The van der Waals surface area contributed by atoms with Gasteiger partial charge in [-0.05, 0) is 30.9 Å². The first kappa shape index (κ1) is 14.5. The standard InChI is InChI=1S/C15H22N4O/c1-3-5-19-11-15(10-18-19)20-14-7-12(8-17-9-14)6-13(16)4-2/h7-11,13H,3-6,16H2,1-2H3. The van der Waals surface area contributed by atoms with Gasteiger partial charge in [0.25, 0.3) is 0 Å². The van der Waals surface area contributed by atoms with Crippen molar-refractivity contribution in [1.82, 2.24) is 14.8 Å². The summed E-state index contributed by atoms with van der Waals surface area (Å²) in [6.07, 6.45) is 9.98. The Bertz CT molecular complexity index is 538. The minimum Gasteiger partial charge on any atom is -0.452 e. The molecule has 0 saturated heterocycles. The molecule has 5 nitrogen and oxygen atoms in total. The highest BCUT2D eigenvalue weighted by Gasteiger charge is 2.05. The molecule has 0 aliphatic heterocycles. The first-order valence-electron chi connectivity index (χ1n) is 7.11. The number of pyridine rings is 1. The van der Waals surface area contributed by atoms with Crippen LogP contribution in [0.1, 0.15) is 32.3 Å². The summed E-state index contributed by atoms with van der Waals surface area (Å²) in [5, 5.41) is 4.24. The van der Waals surface area contributed by atoms with Crippen molar-refractivity contribution in [2.45, 2.75) is 45.7 Å². The molecular weight excluding hydrogens is 252 g/mol. The van der Waals surface area contributed by atoms with E-state index in [2.05, 4.69) is 23.9 Å². The van der Waals surface area contributed by atoms with Gasteiger partial charge < -0.3 is 10.5 Å². The Kier molecular flexibility index (Phi) is 5.12. The van der Waals surface area contributed by atoms with E-state index in [1.54, 1.807) is 12.4 Å². The van der Waals surface area contributed by atoms with E-state index in [0.29, 0.717) is 0 Å². The molecule has 108 valence electrons. The van der Waals surface area contributed by atoms with Gasteiger partial charge >= 0.3 is 0 Å². The van der Waals surface area contributed by atoms with Crippen molar-refractivity contribution in [2.24, 2.45) is 5.73 Å². The summed E-state index contributed by atoms with van der Waals surface area (Å²) in [7, 11) is 0. The molecule has 20 heavy (non-hydrogen) atoms. The molecule has 5 heteroatoms. The van der Waals surface area contributed by atoms with Crippen molar-refractivity contribution >= 4 is 0 Å². The molecule has 1 atom stereocenters. The number of nitrogens with zero attached hydrogens (tertiary/aromatic N) is 3. The maximum Gasteiger partial charge on any atom is 0.165 e. The van der Waals surface area contributed by atoms with Crippen LogP contribution in [0.4, 0.5) is 0 Å². The Labute approximate surface area is 119 Å². The molecule has 0 saturated carbocycles. The van der Waals surface area contributed by atoms with Crippen LogP contribution in [0, 0.1) is 0 Å². The minimum atomic E-state index is 0.166. The van der Waals surface area contributed by atoms with Crippen molar-refractivity contribution < 1.29 is 4.74 Å². The third kappa shape index (κ3) is 4.06. The van der Waals surface area contributed by atoms with E-state index in [-0.39, 0.29) is 6.04 Å². The third-order valence-electron chi connectivity index (χ3n) is 3.09. The van der Waals surface area contributed by atoms with Gasteiger partial charge in [-0.2, -0.15) is 5.10 Å². The first-order valence-corrected chi connectivity index (χ1v) is 7.11. The monoisotopic (exact) mass is 274 g/mol. The topological polar surface area (TPSA) is 66.0 Å². The van der Waals surface area contributed by atoms with Gasteiger partial charge in [-0.15, -0.1) is 0 Å². The smallest absolute Gasteiger partial charge is 0.165 e. The molecular formula is C15H22N4O. The lowest BCUT2D eigenvalue weighted by atomic mass is 10.1. The van der Waals surface area contributed by atoms with E-state index in [0.717, 1.165) is 42.9 Å². The maximum atomic E-state index is 5.96. The molecule has 0 radical (unpaired) electrons. The number of aryl methyl sites for hydroxylation is 1. The van der Waals surface area contributed by atoms with E-state index < -0.39 is 0 Å². The highest BCUT2D eigenvalue weighted by atomic mass is 16.5. The number of rotatable bonds is 7. The van der Waals surface area contributed by atoms with E-state index in [9.17, 15) is 0 Å². The van der Waals surface area contributed by atoms with Crippen LogP contribution in [-0.2, 0) is 13.0 Å². The molecule has 0 bridgehead atoms. The van der Waals surface area contributed by atoms with Crippen molar-refractivity contribution in [3.63, 3.8) is 0 Å². The fourth-order valence-corrected chi connectivity index (χ4v) is 1.96. The van der Waals surface area contributed by atoms with Crippen molar-refractivity contribution in [3.05, 3.63) is 36.4 Å². The quantitative estimate of drug-likeness (QED) is 0.843. The molecule has 0 aliphatic carbocycles. The van der Waals surface area contributed by atoms with Gasteiger partial charge in [0.2, 0.25) is 0 Å². The van der Waals surface area contributed by atoms with Crippen LogP contribution in [0.2, 0.25) is 0 Å². The molecule has 0 aliphatic rings. The van der Waals surface area contributed by atoms with E-state index in [1.165, 1.54) is 0 Å². The average molecular weight is 274 g/mol. The van der Waals surface area contributed by atoms with Crippen LogP contribution < -0.4 is 10.5 Å². The Morgan fingerprint density at radius 2 is 2.10 bits per heavy atom. The van der Waals surface area contributed by atoms with Gasteiger partial charge in [0, 0.05) is 18.8 Å². The molecule has 0 spiro atoms. The SMILES string of the molecule is CCCn1cc(Oc2cncc(CC(N)CC)c2)cn1. The van der Waals surface area contributed by atoms with E-state index >= 15 is 0 Å². The Hall–Kier alpha value is -1.88. The van der Waals surface area contributed by atoms with Crippen LogP contribution in [0.15, 0.2) is 30.9 Å². The second kappa shape index (κ2) is 7.05. The average Bonchev–Trinajstić information content (AvgIpc) is 2.87. The van der Waals surface area contributed by atoms with E-state index in [1.807, 2.05) is 23.1 Å². The van der Waals surface area contributed by atoms with Gasteiger partial charge in [-0.1, -0.05) is 13.8 Å². The Balaban J connectivity index is 2.03. The highest BCUT2D eigenvalue weighted by Crippen LogP contribution is 2.21. The molecule has 0 aromatic carbocycles. The lowest BCUT2D eigenvalue weighted by Gasteiger charge is -2.09. The summed E-state index contributed by atoms with van der Waals surface area (Å²) in [4.78, 5) is 4.20. The first-order chi connectivity index (χ1) is 9.71. The normalized spacial score (nSPS) is 12.3. The number of nitrogens with two attached hydrogens (primary N) is 1. The van der Waals surface area contributed by atoms with Gasteiger partial charge in [0.1, 0.15) is 5.75 Å².